The Kier molecular flexibility index (Phi) is 6.20. The number of aromatic nitrogens is 3. The predicted molar refractivity (Wildman–Crippen MR) is 126 cm³/mol. The molecule has 5 nitrogen and oxygen atoms in total. The summed E-state index contributed by atoms with van der Waals surface area (Å²) in [5.74, 6) is -0.0123. The summed E-state index contributed by atoms with van der Waals surface area (Å²) < 4.78 is 3.17. The molecule has 4 aromatic rings. The molecule has 0 saturated carbocycles. The summed E-state index contributed by atoms with van der Waals surface area (Å²) >= 11 is 3.26. The Bertz CT molecular complexity index is 1150. The van der Waals surface area contributed by atoms with E-state index in [0.717, 1.165) is 33.2 Å². The number of rotatable bonds is 7. The van der Waals surface area contributed by atoms with Gasteiger partial charge in [0.05, 0.1) is 16.5 Å². The van der Waals surface area contributed by atoms with Crippen molar-refractivity contribution in [1.82, 2.24) is 14.5 Å². The quantitative estimate of drug-likeness (QED) is 0.356. The number of nitrogens with zero attached hydrogens (tertiary/aromatic N) is 4. The average molecular weight is 437 g/mol. The van der Waals surface area contributed by atoms with Gasteiger partial charge in [-0.05, 0) is 68.0 Å². The highest BCUT2D eigenvalue weighted by Gasteiger charge is 2.21. The summed E-state index contributed by atoms with van der Waals surface area (Å²) in [5.41, 5.74) is 4.02. The van der Waals surface area contributed by atoms with Crippen molar-refractivity contribution in [1.29, 1.82) is 0 Å². The number of carbonyl (C=O) groups excluding carboxylic acids is 1. The standard InChI is InChI=1S/C23H24N4OS2/c1-16-13-17(2)21-20(14-16)25-23(30-21)27(11-4-10-26-12-9-24-15-26)22(28)18-5-7-19(29-3)8-6-18/h5-9,12-15H,4,10-11H2,1-3H3. The van der Waals surface area contributed by atoms with Gasteiger partial charge in [0.15, 0.2) is 5.13 Å². The lowest BCUT2D eigenvalue weighted by molar-refractivity contribution is 0.0986. The molecule has 0 atom stereocenters. The van der Waals surface area contributed by atoms with Crippen molar-refractivity contribution in [2.45, 2.75) is 31.7 Å². The summed E-state index contributed by atoms with van der Waals surface area (Å²) in [5, 5.41) is 0.753. The number of hydrogen-bond acceptors (Lipinski definition) is 5. The maximum Gasteiger partial charge on any atom is 0.260 e. The number of carbonyl (C=O) groups is 1. The number of benzene rings is 2. The lowest BCUT2D eigenvalue weighted by Crippen LogP contribution is -2.32. The van der Waals surface area contributed by atoms with E-state index in [2.05, 4.69) is 31.0 Å². The summed E-state index contributed by atoms with van der Waals surface area (Å²) in [4.78, 5) is 25.3. The number of amides is 1. The lowest BCUT2D eigenvalue weighted by Gasteiger charge is -2.20. The van der Waals surface area contributed by atoms with Gasteiger partial charge in [0.25, 0.3) is 5.91 Å². The number of fused-ring (bicyclic) bond motifs is 1. The fourth-order valence-corrected chi connectivity index (χ4v) is 4.93. The lowest BCUT2D eigenvalue weighted by atomic mass is 10.1. The number of anilines is 1. The zero-order valence-corrected chi connectivity index (χ0v) is 19.0. The number of hydrogen-bond donors (Lipinski definition) is 0. The van der Waals surface area contributed by atoms with Crippen LogP contribution in [0.1, 0.15) is 27.9 Å². The van der Waals surface area contributed by atoms with Crippen molar-refractivity contribution in [2.24, 2.45) is 0 Å². The van der Waals surface area contributed by atoms with Gasteiger partial charge in [-0.15, -0.1) is 11.8 Å². The first-order chi connectivity index (χ1) is 14.5. The van der Waals surface area contributed by atoms with Gasteiger partial charge in [-0.3, -0.25) is 9.69 Å². The number of imidazole rings is 1. The Morgan fingerprint density at radius 2 is 2.00 bits per heavy atom. The first kappa shape index (κ1) is 20.6. The fourth-order valence-electron chi connectivity index (χ4n) is 3.48. The molecule has 0 aliphatic carbocycles. The monoisotopic (exact) mass is 436 g/mol. The van der Waals surface area contributed by atoms with Crippen LogP contribution in [0.5, 0.6) is 0 Å². The van der Waals surface area contributed by atoms with Crippen LogP contribution < -0.4 is 4.90 Å². The summed E-state index contributed by atoms with van der Waals surface area (Å²) in [6.45, 7) is 5.58. The van der Waals surface area contributed by atoms with E-state index in [9.17, 15) is 4.79 Å². The van der Waals surface area contributed by atoms with Gasteiger partial charge in [0.2, 0.25) is 0 Å². The molecule has 1 amide bonds. The zero-order chi connectivity index (χ0) is 21.1. The molecule has 0 radical (unpaired) electrons. The van der Waals surface area contributed by atoms with Crippen LogP contribution in [0.25, 0.3) is 10.2 Å². The Morgan fingerprint density at radius 1 is 1.20 bits per heavy atom. The second-order valence-electron chi connectivity index (χ2n) is 7.27. The van der Waals surface area contributed by atoms with Crippen LogP contribution in [-0.2, 0) is 6.54 Å². The molecule has 0 N–H and O–H groups in total. The largest absolute Gasteiger partial charge is 0.337 e. The fraction of sp³-hybridized carbons (Fsp3) is 0.261. The van der Waals surface area contributed by atoms with Crippen LogP contribution in [0.15, 0.2) is 60.0 Å². The highest BCUT2D eigenvalue weighted by Crippen LogP contribution is 2.33. The molecule has 0 unspecified atom stereocenters. The molecule has 30 heavy (non-hydrogen) atoms. The van der Waals surface area contributed by atoms with Gasteiger partial charge in [-0.2, -0.15) is 0 Å². The molecule has 0 aliphatic heterocycles. The highest BCUT2D eigenvalue weighted by molar-refractivity contribution is 7.98. The Labute approximate surface area is 184 Å². The molecule has 0 aliphatic rings. The predicted octanol–water partition coefficient (Wildman–Crippen LogP) is 5.57. The minimum atomic E-state index is -0.0123. The maximum atomic E-state index is 13.4. The van der Waals surface area contributed by atoms with Crippen molar-refractivity contribution in [3.63, 3.8) is 0 Å². The van der Waals surface area contributed by atoms with Gasteiger partial charge < -0.3 is 4.57 Å². The van der Waals surface area contributed by atoms with Gasteiger partial charge in [0.1, 0.15) is 0 Å². The highest BCUT2D eigenvalue weighted by atomic mass is 32.2. The molecule has 2 aromatic carbocycles. The van der Waals surface area contributed by atoms with Crippen LogP contribution in [0.4, 0.5) is 5.13 Å². The van der Waals surface area contributed by atoms with Gasteiger partial charge in [-0.1, -0.05) is 17.4 Å². The number of thiazole rings is 1. The van der Waals surface area contributed by atoms with Gasteiger partial charge >= 0.3 is 0 Å². The van der Waals surface area contributed by atoms with Crippen molar-refractivity contribution >= 4 is 44.4 Å². The minimum Gasteiger partial charge on any atom is -0.337 e. The zero-order valence-electron chi connectivity index (χ0n) is 17.3. The van der Waals surface area contributed by atoms with E-state index in [-0.39, 0.29) is 5.91 Å². The SMILES string of the molecule is CSc1ccc(C(=O)N(CCCn2ccnc2)c2nc3cc(C)cc(C)c3s2)cc1. The molecule has 2 aromatic heterocycles. The molecule has 7 heteroatoms. The van der Waals surface area contributed by atoms with E-state index >= 15 is 0 Å². The van der Waals surface area contributed by atoms with Gasteiger partial charge in [-0.25, -0.2) is 9.97 Å². The number of aryl methyl sites for hydroxylation is 3. The van der Waals surface area contributed by atoms with Crippen LogP contribution in [0.2, 0.25) is 0 Å². The molecular formula is C23H24N4OS2. The van der Waals surface area contributed by atoms with Crippen molar-refractivity contribution < 1.29 is 4.79 Å². The molecule has 0 spiro atoms. The Morgan fingerprint density at radius 3 is 2.70 bits per heavy atom. The van der Waals surface area contributed by atoms with E-state index < -0.39 is 0 Å². The van der Waals surface area contributed by atoms with E-state index in [1.807, 2.05) is 46.2 Å². The molecule has 2 heterocycles. The Balaban J connectivity index is 1.65. The molecular weight excluding hydrogens is 412 g/mol. The third-order valence-corrected chi connectivity index (χ3v) is 6.95. The number of thioether (sulfide) groups is 1. The van der Waals surface area contributed by atoms with Crippen LogP contribution in [0, 0.1) is 13.8 Å². The van der Waals surface area contributed by atoms with E-state index in [4.69, 9.17) is 4.98 Å². The summed E-state index contributed by atoms with van der Waals surface area (Å²) in [6.07, 6.45) is 8.37. The van der Waals surface area contributed by atoms with E-state index in [1.165, 1.54) is 11.1 Å². The first-order valence-corrected chi connectivity index (χ1v) is 11.9. The van der Waals surface area contributed by atoms with Crippen molar-refractivity contribution in [3.8, 4) is 0 Å². The summed E-state index contributed by atoms with van der Waals surface area (Å²) in [7, 11) is 0. The van der Waals surface area contributed by atoms with Crippen LogP contribution >= 0.6 is 23.1 Å². The summed E-state index contributed by atoms with van der Waals surface area (Å²) in [6, 6.07) is 12.0. The molecule has 0 saturated heterocycles. The topological polar surface area (TPSA) is 51.0 Å². The van der Waals surface area contributed by atoms with E-state index in [1.54, 1.807) is 35.6 Å². The van der Waals surface area contributed by atoms with E-state index in [0.29, 0.717) is 12.1 Å². The molecule has 154 valence electrons. The van der Waals surface area contributed by atoms with Crippen LogP contribution in [-0.4, -0.2) is 33.2 Å². The minimum absolute atomic E-state index is 0.0123. The Hall–Kier alpha value is -2.64. The average Bonchev–Trinajstić information content (AvgIpc) is 3.41. The molecule has 4 rings (SSSR count). The van der Waals surface area contributed by atoms with Gasteiger partial charge in [0, 0.05) is 35.9 Å². The molecule has 0 fully saturated rings. The third kappa shape index (κ3) is 4.42. The van der Waals surface area contributed by atoms with Crippen LogP contribution in [0.3, 0.4) is 0 Å². The second-order valence-corrected chi connectivity index (χ2v) is 9.12. The smallest absolute Gasteiger partial charge is 0.260 e. The van der Waals surface area contributed by atoms with Crippen molar-refractivity contribution in [3.05, 3.63) is 71.8 Å². The second kappa shape index (κ2) is 9.02. The third-order valence-electron chi connectivity index (χ3n) is 4.98. The van der Waals surface area contributed by atoms with Crippen molar-refractivity contribution in [2.75, 3.05) is 17.7 Å². The maximum absolute atomic E-state index is 13.4. The normalized spacial score (nSPS) is 11.2. The molecule has 0 bridgehead atoms. The first-order valence-electron chi connectivity index (χ1n) is 9.84.